The van der Waals surface area contributed by atoms with Crippen LogP contribution >= 0.6 is 11.3 Å². The lowest BCUT2D eigenvalue weighted by molar-refractivity contribution is -0.143. The predicted octanol–water partition coefficient (Wildman–Crippen LogP) is 2.12. The highest BCUT2D eigenvalue weighted by Gasteiger charge is 2.14. The van der Waals surface area contributed by atoms with Gasteiger partial charge in [0.15, 0.2) is 0 Å². The minimum atomic E-state index is -1.04. The van der Waals surface area contributed by atoms with E-state index in [0.29, 0.717) is 12.3 Å². The highest BCUT2D eigenvalue weighted by atomic mass is 32.1. The molecule has 0 spiro atoms. The van der Waals surface area contributed by atoms with Gasteiger partial charge in [-0.05, 0) is 19.1 Å². The number of carbonyl (C=O) groups is 2. The van der Waals surface area contributed by atoms with Gasteiger partial charge < -0.3 is 14.7 Å². The van der Waals surface area contributed by atoms with Gasteiger partial charge in [0.05, 0.1) is 12.1 Å². The van der Waals surface area contributed by atoms with Gasteiger partial charge in [0, 0.05) is 12.4 Å². The first-order valence-electron chi connectivity index (χ1n) is 7.02. The van der Waals surface area contributed by atoms with Crippen LogP contribution in [-0.4, -0.2) is 40.5 Å². The molecule has 1 N–H and O–H groups in total. The summed E-state index contributed by atoms with van der Waals surface area (Å²) in [5.74, 6) is -0.542. The van der Waals surface area contributed by atoms with Crippen molar-refractivity contribution in [3.05, 3.63) is 45.9 Å². The van der Waals surface area contributed by atoms with Crippen molar-refractivity contribution >= 4 is 23.2 Å². The third-order valence-electron chi connectivity index (χ3n) is 3.11. The van der Waals surface area contributed by atoms with Gasteiger partial charge in [-0.2, -0.15) is 0 Å². The quantitative estimate of drug-likeness (QED) is 0.839. The highest BCUT2D eigenvalue weighted by molar-refractivity contribution is 7.09. The average Bonchev–Trinajstić information content (AvgIpc) is 2.93. The van der Waals surface area contributed by atoms with E-state index < -0.39 is 5.97 Å². The topological polar surface area (TPSA) is 79.7 Å². The molecule has 1 amide bonds. The van der Waals surface area contributed by atoms with E-state index in [4.69, 9.17) is 9.84 Å². The zero-order valence-corrected chi connectivity index (χ0v) is 13.8. The van der Waals surface area contributed by atoms with Crippen LogP contribution in [0, 0.1) is 6.92 Å². The maximum atomic E-state index is 11.9. The number of thiazole rings is 1. The number of hydrogen-bond donors (Lipinski definition) is 1. The Morgan fingerprint density at radius 2 is 2.00 bits per heavy atom. The number of rotatable bonds is 7. The molecule has 1 aromatic heterocycles. The molecule has 1 aromatic carbocycles. The van der Waals surface area contributed by atoms with Crippen LogP contribution in [0.2, 0.25) is 0 Å². The van der Waals surface area contributed by atoms with Crippen molar-refractivity contribution in [3.8, 4) is 5.75 Å². The van der Waals surface area contributed by atoms with E-state index in [0.717, 1.165) is 16.3 Å². The number of ether oxygens (including phenoxy) is 1. The maximum absolute atomic E-state index is 11.9. The lowest BCUT2D eigenvalue weighted by Gasteiger charge is -2.13. The third kappa shape index (κ3) is 5.37. The van der Waals surface area contributed by atoms with Crippen LogP contribution in [0.15, 0.2) is 29.6 Å². The van der Waals surface area contributed by atoms with Crippen LogP contribution in [0.1, 0.15) is 16.3 Å². The Balaban J connectivity index is 1.86. The van der Waals surface area contributed by atoms with Crippen molar-refractivity contribution in [1.82, 2.24) is 9.88 Å². The van der Waals surface area contributed by atoms with E-state index in [1.54, 1.807) is 5.38 Å². The molecule has 0 aliphatic rings. The number of likely N-dealkylation sites (N-methyl/N-ethyl adjacent to an activating group) is 1. The fourth-order valence-corrected chi connectivity index (χ4v) is 2.56. The molecule has 7 heteroatoms. The molecule has 0 unspecified atom stereocenters. The summed E-state index contributed by atoms with van der Waals surface area (Å²) in [6.45, 7) is 2.04. The third-order valence-corrected chi connectivity index (χ3v) is 3.98. The molecular weight excluding hydrogens is 316 g/mol. The molecule has 0 atom stereocenters. The number of aryl methyl sites for hydroxylation is 1. The SMILES string of the molecule is Cc1ccc(OCc2nc(CC(=O)N(C)CC(=O)O)cs2)cc1. The van der Waals surface area contributed by atoms with Gasteiger partial charge in [0.2, 0.25) is 5.91 Å². The minimum Gasteiger partial charge on any atom is -0.486 e. The van der Waals surface area contributed by atoms with E-state index in [2.05, 4.69) is 4.98 Å². The van der Waals surface area contributed by atoms with Crippen molar-refractivity contribution in [1.29, 1.82) is 0 Å². The summed E-state index contributed by atoms with van der Waals surface area (Å²) in [7, 11) is 1.46. The fourth-order valence-electron chi connectivity index (χ4n) is 1.86. The second kappa shape index (κ2) is 7.73. The smallest absolute Gasteiger partial charge is 0.323 e. The Kier molecular flexibility index (Phi) is 5.70. The van der Waals surface area contributed by atoms with Crippen LogP contribution in [0.4, 0.5) is 0 Å². The molecule has 0 fully saturated rings. The highest BCUT2D eigenvalue weighted by Crippen LogP contribution is 2.16. The second-order valence-corrected chi connectivity index (χ2v) is 6.10. The van der Waals surface area contributed by atoms with Crippen LogP contribution < -0.4 is 4.74 Å². The molecular formula is C16H18N2O4S. The van der Waals surface area contributed by atoms with E-state index in [1.165, 1.54) is 23.3 Å². The number of amides is 1. The maximum Gasteiger partial charge on any atom is 0.323 e. The summed E-state index contributed by atoms with van der Waals surface area (Å²) in [5.41, 5.74) is 1.79. The summed E-state index contributed by atoms with van der Waals surface area (Å²) in [4.78, 5) is 28.0. The molecule has 122 valence electrons. The van der Waals surface area contributed by atoms with E-state index in [1.807, 2.05) is 31.2 Å². The number of carboxylic acid groups (broad SMARTS) is 1. The number of aliphatic carboxylic acids is 1. The molecule has 2 rings (SSSR count). The summed E-state index contributed by atoms with van der Waals surface area (Å²) in [6, 6.07) is 7.74. The molecule has 0 saturated carbocycles. The van der Waals surface area contributed by atoms with Gasteiger partial charge in [0.1, 0.15) is 23.9 Å². The monoisotopic (exact) mass is 334 g/mol. The van der Waals surface area contributed by atoms with Crippen LogP contribution in [0.5, 0.6) is 5.75 Å². The Labute approximate surface area is 138 Å². The summed E-state index contributed by atoms with van der Waals surface area (Å²) >= 11 is 1.42. The van der Waals surface area contributed by atoms with Gasteiger partial charge >= 0.3 is 5.97 Å². The molecule has 0 radical (unpaired) electrons. The van der Waals surface area contributed by atoms with Gasteiger partial charge in [-0.15, -0.1) is 11.3 Å². The van der Waals surface area contributed by atoms with Crippen molar-refractivity contribution < 1.29 is 19.4 Å². The fraction of sp³-hybridized carbons (Fsp3) is 0.312. The lowest BCUT2D eigenvalue weighted by atomic mass is 10.2. The van der Waals surface area contributed by atoms with Crippen molar-refractivity contribution in [3.63, 3.8) is 0 Å². The molecule has 0 bridgehead atoms. The molecule has 0 saturated heterocycles. The van der Waals surface area contributed by atoms with E-state index >= 15 is 0 Å². The van der Waals surface area contributed by atoms with E-state index in [-0.39, 0.29) is 18.9 Å². The minimum absolute atomic E-state index is 0.0881. The van der Waals surface area contributed by atoms with Crippen molar-refractivity contribution in [2.24, 2.45) is 0 Å². The number of carboxylic acids is 1. The van der Waals surface area contributed by atoms with Crippen molar-refractivity contribution in [2.45, 2.75) is 20.0 Å². The Bertz CT molecular complexity index is 682. The number of aromatic nitrogens is 1. The van der Waals surface area contributed by atoms with Gasteiger partial charge in [-0.25, -0.2) is 4.98 Å². The zero-order valence-electron chi connectivity index (χ0n) is 13.0. The number of carbonyl (C=O) groups excluding carboxylic acids is 1. The van der Waals surface area contributed by atoms with Crippen LogP contribution in [-0.2, 0) is 22.6 Å². The molecule has 0 aliphatic heterocycles. The molecule has 6 nitrogen and oxygen atoms in total. The largest absolute Gasteiger partial charge is 0.486 e. The standard InChI is InChI=1S/C16H18N2O4S/c1-11-3-5-13(6-4-11)22-9-14-17-12(10-23-14)7-15(19)18(2)8-16(20)21/h3-6,10H,7-9H2,1-2H3,(H,20,21). The van der Waals surface area contributed by atoms with Crippen molar-refractivity contribution in [2.75, 3.05) is 13.6 Å². The Hall–Kier alpha value is -2.41. The molecule has 0 aliphatic carbocycles. The Morgan fingerprint density at radius 3 is 2.65 bits per heavy atom. The molecule has 2 aromatic rings. The Morgan fingerprint density at radius 1 is 1.30 bits per heavy atom. The first kappa shape index (κ1) is 17.0. The normalized spacial score (nSPS) is 10.3. The number of nitrogens with zero attached hydrogens (tertiary/aromatic N) is 2. The van der Waals surface area contributed by atoms with Crippen LogP contribution in [0.3, 0.4) is 0 Å². The predicted molar refractivity (Wildman–Crippen MR) is 86.6 cm³/mol. The summed E-state index contributed by atoms with van der Waals surface area (Å²) < 4.78 is 5.64. The first-order valence-corrected chi connectivity index (χ1v) is 7.90. The van der Waals surface area contributed by atoms with Gasteiger partial charge in [-0.1, -0.05) is 17.7 Å². The summed E-state index contributed by atoms with van der Waals surface area (Å²) in [6.07, 6.45) is 0.0881. The molecule has 23 heavy (non-hydrogen) atoms. The van der Waals surface area contributed by atoms with E-state index in [9.17, 15) is 9.59 Å². The lowest BCUT2D eigenvalue weighted by Crippen LogP contribution is -2.33. The van der Waals surface area contributed by atoms with Gasteiger partial charge in [-0.3, -0.25) is 9.59 Å². The average molecular weight is 334 g/mol. The first-order chi connectivity index (χ1) is 10.9. The van der Waals surface area contributed by atoms with Crippen LogP contribution in [0.25, 0.3) is 0 Å². The second-order valence-electron chi connectivity index (χ2n) is 5.15. The number of hydrogen-bond acceptors (Lipinski definition) is 5. The van der Waals surface area contributed by atoms with Gasteiger partial charge in [0.25, 0.3) is 0 Å². The zero-order chi connectivity index (χ0) is 16.8. The summed E-state index contributed by atoms with van der Waals surface area (Å²) in [5, 5.41) is 11.2. The number of benzene rings is 1. The molecule has 1 heterocycles.